The maximum atomic E-state index is 14.2. The minimum Gasteiger partial charge on any atom is -0.368 e. The van der Waals surface area contributed by atoms with E-state index < -0.39 is 6.17 Å². The van der Waals surface area contributed by atoms with Crippen LogP contribution in [0.4, 0.5) is 22.0 Å². The Morgan fingerprint density at radius 3 is 2.60 bits per heavy atom. The molecule has 204 valence electrons. The fourth-order valence-corrected chi connectivity index (χ4v) is 7.36. The predicted octanol–water partition coefficient (Wildman–Crippen LogP) is 4.83. The molecule has 5 aliphatic rings. The quantitative estimate of drug-likeness (QED) is 0.361. The van der Waals surface area contributed by atoms with E-state index in [2.05, 4.69) is 66.9 Å². The summed E-state index contributed by atoms with van der Waals surface area (Å²) in [6, 6.07) is 17.6. The highest BCUT2D eigenvalue weighted by molar-refractivity contribution is 5.68. The highest BCUT2D eigenvalue weighted by Gasteiger charge is 2.54. The number of aromatic nitrogens is 5. The molecule has 8 nitrogen and oxygen atoms in total. The summed E-state index contributed by atoms with van der Waals surface area (Å²) in [5.74, 6) is 1.54. The topological polar surface area (TPSA) is 97.8 Å². The number of nitrogens with zero attached hydrogens (tertiary/aromatic N) is 6. The van der Waals surface area contributed by atoms with Crippen LogP contribution >= 0.6 is 0 Å². The van der Waals surface area contributed by atoms with Gasteiger partial charge in [0.2, 0.25) is 11.9 Å². The predicted molar refractivity (Wildman–Crippen MR) is 152 cm³/mol. The first-order chi connectivity index (χ1) is 19.6. The molecule has 2 aliphatic heterocycles. The average Bonchev–Trinajstić information content (AvgIpc) is 3.57. The number of alkyl halides is 1. The summed E-state index contributed by atoms with van der Waals surface area (Å²) < 4.78 is 15.8. The van der Waals surface area contributed by atoms with Crippen LogP contribution in [0.25, 0.3) is 17.1 Å². The molecule has 0 radical (unpaired) electrons. The SMILES string of the molecule is Nc1nc(Nc2ccc3c(c2)CCC(N2CC4CC2C4F)CC3)nn1-c1cc2c(nn1)-c1ccccc1CCC2. The number of nitrogens with one attached hydrogen (secondary N) is 1. The third kappa shape index (κ3) is 3.98. The van der Waals surface area contributed by atoms with E-state index in [9.17, 15) is 4.39 Å². The van der Waals surface area contributed by atoms with Crippen molar-refractivity contribution < 1.29 is 4.39 Å². The van der Waals surface area contributed by atoms with E-state index in [1.807, 2.05) is 12.1 Å². The molecule has 2 saturated heterocycles. The number of hydrogen-bond donors (Lipinski definition) is 2. The minimum absolute atomic E-state index is 0.167. The van der Waals surface area contributed by atoms with Crippen LogP contribution in [0.5, 0.6) is 0 Å². The molecule has 0 spiro atoms. The van der Waals surface area contributed by atoms with E-state index in [4.69, 9.17) is 5.73 Å². The molecule has 9 heteroatoms. The lowest BCUT2D eigenvalue weighted by Gasteiger charge is -2.34. The maximum Gasteiger partial charge on any atom is 0.248 e. The van der Waals surface area contributed by atoms with Crippen LogP contribution in [-0.4, -0.2) is 54.7 Å². The van der Waals surface area contributed by atoms with Crippen LogP contribution in [0.15, 0.2) is 48.5 Å². The Bertz CT molecular complexity index is 1600. The second kappa shape index (κ2) is 9.37. The number of rotatable bonds is 4. The first kappa shape index (κ1) is 24.0. The molecule has 2 aromatic heterocycles. The Balaban J connectivity index is 1.00. The number of halogens is 1. The molecule has 3 aliphatic carbocycles. The van der Waals surface area contributed by atoms with Gasteiger partial charge in [0.15, 0.2) is 5.82 Å². The van der Waals surface area contributed by atoms with Gasteiger partial charge in [-0.25, -0.2) is 4.39 Å². The summed E-state index contributed by atoms with van der Waals surface area (Å²) in [7, 11) is 0. The van der Waals surface area contributed by atoms with Crippen molar-refractivity contribution >= 4 is 17.6 Å². The van der Waals surface area contributed by atoms with Crippen molar-refractivity contribution in [3.05, 3.63) is 70.8 Å². The molecule has 9 rings (SSSR count). The van der Waals surface area contributed by atoms with Crippen LogP contribution in [0.3, 0.4) is 0 Å². The van der Waals surface area contributed by atoms with Gasteiger partial charge in [-0.05, 0) is 91.8 Å². The number of benzene rings is 2. The smallest absolute Gasteiger partial charge is 0.248 e. The van der Waals surface area contributed by atoms with Gasteiger partial charge in [0.1, 0.15) is 6.17 Å². The van der Waals surface area contributed by atoms with Gasteiger partial charge in [0.25, 0.3) is 0 Å². The van der Waals surface area contributed by atoms with Gasteiger partial charge in [0, 0.05) is 35.8 Å². The Kier molecular flexibility index (Phi) is 5.62. The Morgan fingerprint density at radius 2 is 1.75 bits per heavy atom. The lowest BCUT2D eigenvalue weighted by molar-refractivity contribution is 0.0809. The summed E-state index contributed by atoms with van der Waals surface area (Å²) in [6.45, 7) is 0.942. The normalized spacial score (nSPS) is 25.2. The number of aryl methyl sites for hydroxylation is 4. The number of hydrogen-bond acceptors (Lipinski definition) is 7. The second-order valence-electron chi connectivity index (χ2n) is 11.8. The van der Waals surface area contributed by atoms with E-state index in [0.29, 0.717) is 17.8 Å². The first-order valence-electron chi connectivity index (χ1n) is 14.6. The van der Waals surface area contributed by atoms with Gasteiger partial charge in [-0.2, -0.15) is 9.67 Å². The van der Waals surface area contributed by atoms with Gasteiger partial charge >= 0.3 is 0 Å². The van der Waals surface area contributed by atoms with E-state index in [-0.39, 0.29) is 17.9 Å². The van der Waals surface area contributed by atoms with Gasteiger partial charge in [-0.1, -0.05) is 30.3 Å². The molecule has 2 aromatic carbocycles. The third-order valence-electron chi connectivity index (χ3n) is 9.53. The van der Waals surface area contributed by atoms with Crippen molar-refractivity contribution in [2.45, 2.75) is 69.6 Å². The molecule has 0 amide bonds. The van der Waals surface area contributed by atoms with Crippen molar-refractivity contribution in [2.75, 3.05) is 17.6 Å². The summed E-state index contributed by atoms with van der Waals surface area (Å²) in [5, 5.41) is 17.1. The Hall–Kier alpha value is -3.85. The van der Waals surface area contributed by atoms with E-state index in [0.717, 1.165) is 80.4 Å². The van der Waals surface area contributed by atoms with Crippen molar-refractivity contribution in [3.63, 3.8) is 0 Å². The third-order valence-corrected chi connectivity index (χ3v) is 9.53. The van der Waals surface area contributed by atoms with Gasteiger partial charge in [-0.15, -0.1) is 15.3 Å². The zero-order chi connectivity index (χ0) is 26.8. The van der Waals surface area contributed by atoms with Crippen LogP contribution in [0, 0.1) is 5.92 Å². The molecule has 4 unspecified atom stereocenters. The lowest BCUT2D eigenvalue weighted by atomic mass is 9.84. The fraction of sp³-hybridized carbons (Fsp3) is 0.419. The molecule has 4 atom stereocenters. The number of nitrogen functional groups attached to an aromatic ring is 1. The van der Waals surface area contributed by atoms with E-state index >= 15 is 0 Å². The molecule has 3 N–H and O–H groups in total. The monoisotopic (exact) mass is 536 g/mol. The van der Waals surface area contributed by atoms with Crippen molar-refractivity contribution in [3.8, 4) is 17.1 Å². The zero-order valence-corrected chi connectivity index (χ0v) is 22.4. The van der Waals surface area contributed by atoms with Crippen LogP contribution in [0.1, 0.15) is 47.9 Å². The molecule has 4 aromatic rings. The average molecular weight is 537 g/mol. The summed E-state index contributed by atoms with van der Waals surface area (Å²) >= 11 is 0. The van der Waals surface area contributed by atoms with Crippen LogP contribution in [0.2, 0.25) is 0 Å². The Labute approximate surface area is 232 Å². The molecule has 1 saturated carbocycles. The van der Waals surface area contributed by atoms with Gasteiger partial charge in [-0.3, -0.25) is 4.90 Å². The van der Waals surface area contributed by atoms with Crippen molar-refractivity contribution in [1.29, 1.82) is 0 Å². The van der Waals surface area contributed by atoms with Crippen molar-refractivity contribution in [2.24, 2.45) is 5.92 Å². The lowest BCUT2D eigenvalue weighted by Crippen LogP contribution is -2.44. The summed E-state index contributed by atoms with van der Waals surface area (Å²) in [6.07, 6.45) is 7.67. The summed E-state index contributed by atoms with van der Waals surface area (Å²) in [5.41, 5.74) is 14.5. The van der Waals surface area contributed by atoms with Crippen molar-refractivity contribution in [1.82, 2.24) is 29.9 Å². The highest BCUT2D eigenvalue weighted by Crippen LogP contribution is 2.45. The van der Waals surface area contributed by atoms with E-state index in [1.165, 1.54) is 16.7 Å². The largest absolute Gasteiger partial charge is 0.368 e. The van der Waals surface area contributed by atoms with Gasteiger partial charge < -0.3 is 11.1 Å². The van der Waals surface area contributed by atoms with Crippen LogP contribution in [-0.2, 0) is 25.7 Å². The zero-order valence-electron chi connectivity index (χ0n) is 22.4. The molecule has 4 heterocycles. The molecular weight excluding hydrogens is 503 g/mol. The van der Waals surface area contributed by atoms with E-state index in [1.54, 1.807) is 4.68 Å². The number of anilines is 3. The molecular formula is C31H33FN8. The van der Waals surface area contributed by atoms with Gasteiger partial charge in [0.05, 0.1) is 5.69 Å². The molecule has 40 heavy (non-hydrogen) atoms. The standard InChI is InChI=1S/C31H33FN8/c32-28-22-15-26(28)39(17-22)24-12-9-18-8-11-23(14-20(18)10-13-24)34-31-35-30(33)40(38-31)27-16-21-6-3-5-19-4-1-2-7-25(19)29(21)37-36-27/h1-2,4,7-8,11,14,16,22,24,26,28H,3,5-6,9-10,12-13,15,17H2,(H3,33,34,35,38). The summed E-state index contributed by atoms with van der Waals surface area (Å²) in [4.78, 5) is 6.93. The first-order valence-corrected chi connectivity index (χ1v) is 14.6. The fourth-order valence-electron chi connectivity index (χ4n) is 7.36. The maximum absolute atomic E-state index is 14.2. The second-order valence-corrected chi connectivity index (χ2v) is 11.8. The molecule has 3 fully saturated rings. The number of fused-ring (bicyclic) bond motifs is 5. The highest BCUT2D eigenvalue weighted by atomic mass is 19.1. The number of nitrogens with two attached hydrogens (primary N) is 1. The minimum atomic E-state index is -0.602. The molecule has 2 bridgehead atoms. The van der Waals surface area contributed by atoms with Crippen LogP contribution < -0.4 is 11.1 Å². The Morgan fingerprint density at radius 1 is 0.900 bits per heavy atom.